The Morgan fingerprint density at radius 3 is 1.65 bits per heavy atom. The van der Waals surface area contributed by atoms with E-state index in [0.29, 0.717) is 17.9 Å². The third-order valence-electron chi connectivity index (χ3n) is 6.29. The lowest BCUT2D eigenvalue weighted by Crippen LogP contribution is -2.08. The van der Waals surface area contributed by atoms with Gasteiger partial charge in [-0.05, 0) is 30.7 Å². The Bertz CT molecular complexity index is 756. The molecule has 0 fully saturated rings. The van der Waals surface area contributed by atoms with Crippen LogP contribution in [0.2, 0.25) is 0 Å². The van der Waals surface area contributed by atoms with Crippen LogP contribution in [0.25, 0.3) is 0 Å². The highest BCUT2D eigenvalue weighted by Gasteiger charge is 2.08. The molecule has 0 spiro atoms. The Balaban J connectivity index is 1.41. The maximum atomic E-state index is 12.2. The van der Waals surface area contributed by atoms with Crippen molar-refractivity contribution in [3.8, 4) is 11.5 Å². The van der Waals surface area contributed by atoms with Crippen LogP contribution in [0.3, 0.4) is 0 Å². The van der Waals surface area contributed by atoms with Gasteiger partial charge in [0.2, 0.25) is 0 Å². The number of carbonyl (C=O) groups excluding carboxylic acids is 1. The average molecular weight is 467 g/mol. The topological polar surface area (TPSA) is 35.5 Å². The summed E-state index contributed by atoms with van der Waals surface area (Å²) in [6.07, 6.45) is 21.9. The number of ether oxygens (including phenoxy) is 2. The molecule has 0 aliphatic carbocycles. The first-order valence-electron chi connectivity index (χ1n) is 13.8. The lowest BCUT2D eigenvalue weighted by Gasteiger charge is -2.09. The number of hydrogen-bond acceptors (Lipinski definition) is 3. The van der Waals surface area contributed by atoms with Gasteiger partial charge in [0.15, 0.2) is 0 Å². The number of esters is 1. The van der Waals surface area contributed by atoms with Gasteiger partial charge >= 0.3 is 5.97 Å². The van der Waals surface area contributed by atoms with Crippen LogP contribution in [0.1, 0.15) is 120 Å². The molecule has 0 unspecified atom stereocenters. The van der Waals surface area contributed by atoms with Crippen LogP contribution in [-0.4, -0.2) is 12.6 Å². The quantitative estimate of drug-likeness (QED) is 0.111. The number of benzene rings is 2. The predicted octanol–water partition coefficient (Wildman–Crippen LogP) is 9.55. The zero-order valence-electron chi connectivity index (χ0n) is 21.4. The zero-order valence-corrected chi connectivity index (χ0v) is 21.4. The fourth-order valence-electron chi connectivity index (χ4n) is 4.21. The van der Waals surface area contributed by atoms with Crippen molar-refractivity contribution in [1.29, 1.82) is 0 Å². The van der Waals surface area contributed by atoms with E-state index >= 15 is 0 Å². The highest BCUT2D eigenvalue weighted by molar-refractivity contribution is 5.90. The maximum absolute atomic E-state index is 12.2. The summed E-state index contributed by atoms with van der Waals surface area (Å²) in [4.78, 5) is 12.2. The maximum Gasteiger partial charge on any atom is 0.343 e. The van der Waals surface area contributed by atoms with E-state index in [0.717, 1.165) is 12.2 Å². The summed E-state index contributed by atoms with van der Waals surface area (Å²) < 4.78 is 11.3. The van der Waals surface area contributed by atoms with Gasteiger partial charge in [-0.15, -0.1) is 0 Å². The first kappa shape index (κ1) is 28.0. The highest BCUT2D eigenvalue weighted by atomic mass is 16.5. The first-order chi connectivity index (χ1) is 16.8. The molecule has 34 heavy (non-hydrogen) atoms. The second-order valence-corrected chi connectivity index (χ2v) is 9.38. The van der Waals surface area contributed by atoms with Crippen LogP contribution in [0.15, 0.2) is 54.6 Å². The Morgan fingerprint density at radius 1 is 0.588 bits per heavy atom. The molecule has 2 aromatic rings. The van der Waals surface area contributed by atoms with Gasteiger partial charge in [0, 0.05) is 6.07 Å². The molecule has 3 nitrogen and oxygen atoms in total. The smallest absolute Gasteiger partial charge is 0.343 e. The van der Waals surface area contributed by atoms with Gasteiger partial charge in [0.25, 0.3) is 0 Å². The van der Waals surface area contributed by atoms with Gasteiger partial charge in [-0.3, -0.25) is 0 Å². The van der Waals surface area contributed by atoms with Crippen molar-refractivity contribution in [2.24, 2.45) is 0 Å². The van der Waals surface area contributed by atoms with Crippen molar-refractivity contribution in [1.82, 2.24) is 0 Å². The molecule has 3 heteroatoms. The molecule has 0 radical (unpaired) electrons. The molecule has 0 aliphatic rings. The van der Waals surface area contributed by atoms with E-state index in [1.165, 1.54) is 96.3 Å². The predicted molar refractivity (Wildman–Crippen MR) is 143 cm³/mol. The van der Waals surface area contributed by atoms with Crippen LogP contribution in [0.4, 0.5) is 0 Å². The number of rotatable bonds is 20. The Kier molecular flexibility index (Phi) is 15.7. The third kappa shape index (κ3) is 13.4. The van der Waals surface area contributed by atoms with Crippen molar-refractivity contribution < 1.29 is 14.3 Å². The minimum Gasteiger partial charge on any atom is -0.493 e. The van der Waals surface area contributed by atoms with E-state index in [1.807, 2.05) is 30.3 Å². The van der Waals surface area contributed by atoms with Crippen molar-refractivity contribution in [3.63, 3.8) is 0 Å². The third-order valence-corrected chi connectivity index (χ3v) is 6.29. The molecule has 188 valence electrons. The van der Waals surface area contributed by atoms with Crippen molar-refractivity contribution in [2.75, 3.05) is 6.61 Å². The summed E-state index contributed by atoms with van der Waals surface area (Å²) in [5.41, 5.74) is 0.544. The Hall–Kier alpha value is -2.29. The van der Waals surface area contributed by atoms with Crippen LogP contribution < -0.4 is 9.47 Å². The molecule has 0 amide bonds. The molecule has 0 aromatic heterocycles. The number of carbonyl (C=O) groups is 1. The first-order valence-corrected chi connectivity index (χ1v) is 13.8. The Labute approximate surface area is 208 Å². The van der Waals surface area contributed by atoms with E-state index in [4.69, 9.17) is 9.47 Å². The van der Waals surface area contributed by atoms with Crippen molar-refractivity contribution in [2.45, 2.75) is 110 Å². The molecule has 2 rings (SSSR count). The van der Waals surface area contributed by atoms with Crippen molar-refractivity contribution >= 4 is 5.97 Å². The fraction of sp³-hybridized carbons (Fsp3) is 0.581. The van der Waals surface area contributed by atoms with E-state index in [-0.39, 0.29) is 5.97 Å². The van der Waals surface area contributed by atoms with E-state index in [1.54, 1.807) is 24.3 Å². The van der Waals surface area contributed by atoms with Gasteiger partial charge in [-0.2, -0.15) is 0 Å². The van der Waals surface area contributed by atoms with Gasteiger partial charge in [-0.25, -0.2) is 4.79 Å². The van der Waals surface area contributed by atoms with Gasteiger partial charge in [0.05, 0.1) is 12.2 Å². The van der Waals surface area contributed by atoms with Crippen LogP contribution >= 0.6 is 0 Å². The summed E-state index contributed by atoms with van der Waals surface area (Å²) in [5.74, 6) is 0.910. The van der Waals surface area contributed by atoms with Crippen molar-refractivity contribution in [3.05, 3.63) is 60.2 Å². The zero-order chi connectivity index (χ0) is 24.1. The molecule has 0 bridgehead atoms. The fourth-order valence-corrected chi connectivity index (χ4v) is 4.21. The van der Waals surface area contributed by atoms with Crippen LogP contribution in [0.5, 0.6) is 11.5 Å². The van der Waals surface area contributed by atoms with Crippen LogP contribution in [-0.2, 0) is 0 Å². The minimum atomic E-state index is -0.351. The van der Waals surface area contributed by atoms with Crippen LogP contribution in [0, 0.1) is 0 Å². The van der Waals surface area contributed by atoms with E-state index in [9.17, 15) is 4.79 Å². The van der Waals surface area contributed by atoms with E-state index < -0.39 is 0 Å². The minimum absolute atomic E-state index is 0.351. The van der Waals surface area contributed by atoms with Gasteiger partial charge < -0.3 is 9.47 Å². The molecule has 0 aliphatic heterocycles. The standard InChI is InChI=1S/C31H46O3/c1-2-3-4-5-6-7-8-9-10-11-12-13-14-15-16-20-26-33-29-24-21-25-30(27-29)34-31(32)28-22-18-17-19-23-28/h17-19,21-25,27H,2-16,20,26H2,1H3. The second kappa shape index (κ2) is 19.1. The summed E-state index contributed by atoms with van der Waals surface area (Å²) in [7, 11) is 0. The number of unbranched alkanes of at least 4 members (excludes halogenated alkanes) is 15. The summed E-state index contributed by atoms with van der Waals surface area (Å²) >= 11 is 0. The molecule has 2 aromatic carbocycles. The van der Waals surface area contributed by atoms with Gasteiger partial charge in [-0.1, -0.05) is 128 Å². The lowest BCUT2D eigenvalue weighted by atomic mass is 10.0. The number of hydrogen-bond donors (Lipinski definition) is 0. The molecular weight excluding hydrogens is 420 g/mol. The molecule has 0 atom stereocenters. The molecule has 0 saturated heterocycles. The normalized spacial score (nSPS) is 10.9. The Morgan fingerprint density at radius 2 is 1.09 bits per heavy atom. The highest BCUT2D eigenvalue weighted by Crippen LogP contribution is 2.21. The molecule has 0 heterocycles. The second-order valence-electron chi connectivity index (χ2n) is 9.38. The summed E-state index contributed by atoms with van der Waals surface area (Å²) in [6.45, 7) is 2.99. The average Bonchev–Trinajstić information content (AvgIpc) is 2.86. The molecule has 0 saturated carbocycles. The SMILES string of the molecule is CCCCCCCCCCCCCCCCCCOc1cccc(OC(=O)c2ccccc2)c1. The molecular formula is C31H46O3. The summed E-state index contributed by atoms with van der Waals surface area (Å²) in [6, 6.07) is 16.4. The monoisotopic (exact) mass is 466 g/mol. The van der Waals surface area contributed by atoms with Gasteiger partial charge in [0.1, 0.15) is 11.5 Å². The molecule has 0 N–H and O–H groups in total. The lowest BCUT2D eigenvalue weighted by molar-refractivity contribution is 0.0734. The largest absolute Gasteiger partial charge is 0.493 e. The summed E-state index contributed by atoms with van der Waals surface area (Å²) in [5, 5.41) is 0. The van der Waals surface area contributed by atoms with E-state index in [2.05, 4.69) is 6.92 Å².